The van der Waals surface area contributed by atoms with E-state index < -0.39 is 0 Å². The van der Waals surface area contributed by atoms with Gasteiger partial charge in [0, 0.05) is 6.04 Å². The van der Waals surface area contributed by atoms with Crippen LogP contribution in [0.5, 0.6) is 0 Å². The van der Waals surface area contributed by atoms with Gasteiger partial charge in [-0.2, -0.15) is 0 Å². The molecule has 3 N–H and O–H groups in total. The van der Waals surface area contributed by atoms with Crippen LogP contribution in [-0.2, 0) is 11.3 Å². The number of hydrogen-bond donors (Lipinski definition) is 3. The molecule has 1 aromatic carbocycles. The summed E-state index contributed by atoms with van der Waals surface area (Å²) in [5.74, 6) is 1.61. The monoisotopic (exact) mass is 313 g/mol. The topological polar surface area (TPSA) is 66.3 Å². The molecule has 5 nitrogen and oxygen atoms in total. The Hall–Kier alpha value is -2.11. The van der Waals surface area contributed by atoms with Crippen molar-refractivity contribution in [3.05, 3.63) is 58.5 Å². The molecule has 1 fully saturated rings. The third-order valence-corrected chi connectivity index (χ3v) is 4.39. The molecule has 2 heterocycles. The van der Waals surface area contributed by atoms with Crippen molar-refractivity contribution in [2.45, 2.75) is 45.8 Å². The fraction of sp³-hybridized carbons (Fsp3) is 0.389. The highest BCUT2D eigenvalue weighted by Crippen LogP contribution is 2.24. The minimum atomic E-state index is -0.238. The third-order valence-electron chi connectivity index (χ3n) is 4.39. The van der Waals surface area contributed by atoms with Gasteiger partial charge in [0.2, 0.25) is 5.91 Å². The Morgan fingerprint density at radius 2 is 2.00 bits per heavy atom. The van der Waals surface area contributed by atoms with Gasteiger partial charge in [-0.3, -0.25) is 4.79 Å². The number of nitrogens with one attached hydrogen (secondary N) is 3. The quantitative estimate of drug-likeness (QED) is 0.811. The Kier molecular flexibility index (Phi) is 4.50. The van der Waals surface area contributed by atoms with E-state index in [4.69, 9.17) is 4.42 Å². The van der Waals surface area contributed by atoms with Crippen molar-refractivity contribution >= 4 is 5.91 Å². The molecule has 1 aliphatic heterocycles. The Morgan fingerprint density at radius 1 is 1.17 bits per heavy atom. The summed E-state index contributed by atoms with van der Waals surface area (Å²) in [4.78, 5) is 12.3. The zero-order valence-corrected chi connectivity index (χ0v) is 13.8. The molecule has 122 valence electrons. The van der Waals surface area contributed by atoms with Gasteiger partial charge in [-0.05, 0) is 56.0 Å². The minimum absolute atomic E-state index is 0.0158. The number of carbonyl (C=O) groups is 1. The maximum absolute atomic E-state index is 12.3. The number of aryl methyl sites for hydroxylation is 3. The first-order valence-corrected chi connectivity index (χ1v) is 7.94. The summed E-state index contributed by atoms with van der Waals surface area (Å²) in [6.45, 7) is 6.52. The summed E-state index contributed by atoms with van der Waals surface area (Å²) >= 11 is 0. The van der Waals surface area contributed by atoms with E-state index >= 15 is 0 Å². The summed E-state index contributed by atoms with van der Waals surface area (Å²) in [7, 11) is 0. The average Bonchev–Trinajstić information content (AvgIpc) is 3.17. The second-order valence-corrected chi connectivity index (χ2v) is 6.20. The van der Waals surface area contributed by atoms with Crippen molar-refractivity contribution in [3.63, 3.8) is 0 Å². The SMILES string of the molecule is Cc1ccc(CNC(=O)C2CC(c3ccc(C)c(C)c3)NN2)o1. The van der Waals surface area contributed by atoms with Crippen molar-refractivity contribution in [3.8, 4) is 0 Å². The standard InChI is InChI=1S/C18H23N3O2/c1-11-4-6-14(8-12(11)2)16-9-17(21-20-16)18(22)19-10-15-7-5-13(3)23-15/h4-8,16-17,20-21H,9-10H2,1-3H3,(H,19,22). The smallest absolute Gasteiger partial charge is 0.238 e. The largest absolute Gasteiger partial charge is 0.465 e. The summed E-state index contributed by atoms with van der Waals surface area (Å²) in [5.41, 5.74) is 10.1. The maximum Gasteiger partial charge on any atom is 0.238 e. The normalized spacial score (nSPS) is 20.7. The van der Waals surface area contributed by atoms with E-state index in [1.54, 1.807) is 0 Å². The molecule has 2 atom stereocenters. The molecular formula is C18H23N3O2. The first-order chi connectivity index (χ1) is 11.0. The van der Waals surface area contributed by atoms with Gasteiger partial charge in [-0.25, -0.2) is 10.9 Å². The second-order valence-electron chi connectivity index (χ2n) is 6.20. The zero-order chi connectivity index (χ0) is 16.4. The lowest BCUT2D eigenvalue weighted by Crippen LogP contribution is -2.42. The molecule has 2 unspecified atom stereocenters. The van der Waals surface area contributed by atoms with E-state index in [1.807, 2.05) is 19.1 Å². The number of hydrogen-bond acceptors (Lipinski definition) is 4. The predicted octanol–water partition coefficient (Wildman–Crippen LogP) is 2.43. The first-order valence-electron chi connectivity index (χ1n) is 7.94. The molecule has 1 aromatic heterocycles. The number of carbonyl (C=O) groups excluding carboxylic acids is 1. The lowest BCUT2D eigenvalue weighted by atomic mass is 9.98. The Morgan fingerprint density at radius 3 is 2.70 bits per heavy atom. The third kappa shape index (κ3) is 3.63. The van der Waals surface area contributed by atoms with E-state index in [-0.39, 0.29) is 18.0 Å². The fourth-order valence-corrected chi connectivity index (χ4v) is 2.81. The van der Waals surface area contributed by atoms with E-state index in [0.717, 1.165) is 17.9 Å². The summed E-state index contributed by atoms with van der Waals surface area (Å²) in [6, 6.07) is 10.1. The minimum Gasteiger partial charge on any atom is -0.465 e. The van der Waals surface area contributed by atoms with Crippen LogP contribution in [0.3, 0.4) is 0 Å². The van der Waals surface area contributed by atoms with Crippen molar-refractivity contribution < 1.29 is 9.21 Å². The lowest BCUT2D eigenvalue weighted by Gasteiger charge is -2.12. The molecule has 5 heteroatoms. The van der Waals surface area contributed by atoms with Gasteiger partial charge in [-0.15, -0.1) is 0 Å². The van der Waals surface area contributed by atoms with Gasteiger partial charge in [-0.1, -0.05) is 18.2 Å². The van der Waals surface area contributed by atoms with E-state index in [2.05, 4.69) is 48.2 Å². The molecule has 2 aromatic rings. The second kappa shape index (κ2) is 6.56. The van der Waals surface area contributed by atoms with Crippen LogP contribution in [0.15, 0.2) is 34.7 Å². The molecule has 1 saturated heterocycles. The van der Waals surface area contributed by atoms with Gasteiger partial charge in [0.05, 0.1) is 6.54 Å². The average molecular weight is 313 g/mol. The highest BCUT2D eigenvalue weighted by Gasteiger charge is 2.30. The summed E-state index contributed by atoms with van der Waals surface area (Å²) < 4.78 is 5.46. The van der Waals surface area contributed by atoms with Gasteiger partial charge < -0.3 is 9.73 Å². The fourth-order valence-electron chi connectivity index (χ4n) is 2.81. The zero-order valence-electron chi connectivity index (χ0n) is 13.8. The lowest BCUT2D eigenvalue weighted by molar-refractivity contribution is -0.123. The van der Waals surface area contributed by atoms with Crippen molar-refractivity contribution in [1.29, 1.82) is 0 Å². The van der Waals surface area contributed by atoms with Gasteiger partial charge in [0.25, 0.3) is 0 Å². The molecule has 3 rings (SSSR count). The molecule has 1 aliphatic rings. The molecule has 0 aliphatic carbocycles. The van der Waals surface area contributed by atoms with Crippen molar-refractivity contribution in [1.82, 2.24) is 16.2 Å². The molecule has 0 saturated carbocycles. The van der Waals surface area contributed by atoms with Crippen LogP contribution in [0.25, 0.3) is 0 Å². The van der Waals surface area contributed by atoms with Gasteiger partial charge in [0.15, 0.2) is 0 Å². The number of amides is 1. The molecule has 0 radical (unpaired) electrons. The van der Waals surface area contributed by atoms with Crippen LogP contribution in [0.4, 0.5) is 0 Å². The maximum atomic E-state index is 12.3. The Labute approximate surface area is 136 Å². The van der Waals surface area contributed by atoms with Gasteiger partial charge in [0.1, 0.15) is 17.6 Å². The first kappa shape index (κ1) is 15.8. The predicted molar refractivity (Wildman–Crippen MR) is 88.6 cm³/mol. The number of hydrazine groups is 1. The van der Waals surface area contributed by atoms with E-state index in [0.29, 0.717) is 6.54 Å². The molecule has 1 amide bonds. The van der Waals surface area contributed by atoms with Gasteiger partial charge >= 0.3 is 0 Å². The molecular weight excluding hydrogens is 290 g/mol. The highest BCUT2D eigenvalue weighted by molar-refractivity contribution is 5.82. The number of furan rings is 1. The summed E-state index contributed by atoms with van der Waals surface area (Å²) in [6.07, 6.45) is 0.728. The Bertz CT molecular complexity index is 708. The van der Waals surface area contributed by atoms with Crippen LogP contribution in [-0.4, -0.2) is 11.9 Å². The molecule has 0 bridgehead atoms. The van der Waals surface area contributed by atoms with Crippen LogP contribution in [0, 0.1) is 20.8 Å². The highest BCUT2D eigenvalue weighted by atomic mass is 16.3. The van der Waals surface area contributed by atoms with Crippen LogP contribution >= 0.6 is 0 Å². The van der Waals surface area contributed by atoms with E-state index in [1.165, 1.54) is 16.7 Å². The molecule has 0 spiro atoms. The number of rotatable bonds is 4. The van der Waals surface area contributed by atoms with E-state index in [9.17, 15) is 4.79 Å². The van der Waals surface area contributed by atoms with Crippen molar-refractivity contribution in [2.24, 2.45) is 0 Å². The van der Waals surface area contributed by atoms with Crippen LogP contribution in [0.2, 0.25) is 0 Å². The molecule has 23 heavy (non-hydrogen) atoms. The van der Waals surface area contributed by atoms with Crippen LogP contribution < -0.4 is 16.2 Å². The van der Waals surface area contributed by atoms with Crippen molar-refractivity contribution in [2.75, 3.05) is 0 Å². The Balaban J connectivity index is 1.56. The van der Waals surface area contributed by atoms with Crippen LogP contribution in [0.1, 0.15) is 40.7 Å². The summed E-state index contributed by atoms with van der Waals surface area (Å²) in [5, 5.41) is 2.91. The number of benzene rings is 1.